The molecule has 12 heteroatoms. The molecule has 1 saturated heterocycles. The van der Waals surface area contributed by atoms with E-state index >= 15 is 0 Å². The number of unbranched alkanes of at least 4 members (excludes halogenated alkanes) is 2. The Balaban J connectivity index is 1.52. The Bertz CT molecular complexity index is 1010. The van der Waals surface area contributed by atoms with Crippen molar-refractivity contribution in [2.45, 2.75) is 63.4 Å². The molecule has 2 aromatic rings. The molecule has 3 heterocycles. The minimum atomic E-state index is -3.76. The number of aliphatic hydroxyl groups is 1. The number of amides is 1. The Labute approximate surface area is 201 Å². The van der Waals surface area contributed by atoms with Crippen LogP contribution in [0.15, 0.2) is 41.6 Å². The number of rotatable bonds is 12. The van der Waals surface area contributed by atoms with Gasteiger partial charge in [-0.1, -0.05) is 25.8 Å². The van der Waals surface area contributed by atoms with E-state index in [2.05, 4.69) is 15.3 Å². The van der Waals surface area contributed by atoms with Crippen LogP contribution in [0.4, 0.5) is 19.4 Å². The molecule has 1 amide bonds. The van der Waals surface area contributed by atoms with Crippen molar-refractivity contribution in [1.29, 1.82) is 0 Å². The first-order valence-electron chi connectivity index (χ1n) is 11.5. The summed E-state index contributed by atoms with van der Waals surface area (Å²) >= 11 is 0. The highest BCUT2D eigenvalue weighted by molar-refractivity contribution is 5.83. The monoisotopic (exact) mass is 496 g/mol. The molecule has 2 aromatic heterocycles. The lowest BCUT2D eigenvalue weighted by molar-refractivity contribution is -0.141. The van der Waals surface area contributed by atoms with E-state index in [4.69, 9.17) is 14.2 Å². The van der Waals surface area contributed by atoms with Gasteiger partial charge in [-0.25, -0.2) is 9.59 Å². The number of aliphatic hydroxyl groups excluding tert-OH is 1. The topological polar surface area (TPSA) is 125 Å². The van der Waals surface area contributed by atoms with Crippen LogP contribution in [-0.4, -0.2) is 63.7 Å². The van der Waals surface area contributed by atoms with E-state index in [-0.39, 0.29) is 25.6 Å². The van der Waals surface area contributed by atoms with Crippen molar-refractivity contribution in [2.75, 3.05) is 25.1 Å². The maximum Gasteiger partial charge on any atom is 0.412 e. The van der Waals surface area contributed by atoms with E-state index in [0.717, 1.165) is 24.6 Å². The smallest absolute Gasteiger partial charge is 0.412 e. The standard InChI is InChI=1S/C23H30F2N4O6/c1-2-3-4-13-34-22(32)28-18-9-11-29(21(31)27-18)20-23(24,25)19(30)17(35-20)15-33-12-6-8-16-7-5-10-26-14-16/h5,7,9-11,14,17,19-20,30H,2-4,6,8,12-13,15H2,1H3,(H,27,28,31,32)/t17-,19-,20-/m1/s1. The number of carbonyl (C=O) groups is 1. The Hall–Kier alpha value is -2.96. The largest absolute Gasteiger partial charge is 0.449 e. The molecule has 3 rings (SSSR count). The summed E-state index contributed by atoms with van der Waals surface area (Å²) in [5.41, 5.74) is -0.0573. The number of halogens is 2. The first-order chi connectivity index (χ1) is 16.8. The van der Waals surface area contributed by atoms with Gasteiger partial charge in [0.25, 0.3) is 0 Å². The lowest BCUT2D eigenvalue weighted by Crippen LogP contribution is -2.42. The summed E-state index contributed by atoms with van der Waals surface area (Å²) in [6, 6.07) is 4.91. The van der Waals surface area contributed by atoms with Gasteiger partial charge in [0.2, 0.25) is 6.23 Å². The van der Waals surface area contributed by atoms with E-state index in [1.807, 2.05) is 19.1 Å². The Morgan fingerprint density at radius 1 is 1.29 bits per heavy atom. The average Bonchev–Trinajstić information content (AvgIpc) is 3.06. The van der Waals surface area contributed by atoms with Gasteiger partial charge in [-0.2, -0.15) is 13.8 Å². The minimum Gasteiger partial charge on any atom is -0.449 e. The van der Waals surface area contributed by atoms with Crippen LogP contribution in [0.1, 0.15) is 44.4 Å². The van der Waals surface area contributed by atoms with E-state index in [9.17, 15) is 23.5 Å². The second-order valence-corrected chi connectivity index (χ2v) is 8.16. The summed E-state index contributed by atoms with van der Waals surface area (Å²) in [4.78, 5) is 31.8. The van der Waals surface area contributed by atoms with Crippen molar-refractivity contribution < 1.29 is 32.9 Å². The van der Waals surface area contributed by atoms with Gasteiger partial charge in [-0.3, -0.25) is 14.9 Å². The molecule has 0 spiro atoms. The van der Waals surface area contributed by atoms with Crippen molar-refractivity contribution in [3.8, 4) is 0 Å². The molecular weight excluding hydrogens is 466 g/mol. The van der Waals surface area contributed by atoms with Crippen molar-refractivity contribution in [1.82, 2.24) is 14.5 Å². The number of hydrogen-bond acceptors (Lipinski definition) is 8. The Morgan fingerprint density at radius 2 is 2.11 bits per heavy atom. The van der Waals surface area contributed by atoms with E-state index in [0.29, 0.717) is 23.8 Å². The maximum atomic E-state index is 14.7. The third-order valence-electron chi connectivity index (χ3n) is 5.43. The molecule has 0 bridgehead atoms. The van der Waals surface area contributed by atoms with Gasteiger partial charge in [-0.05, 0) is 37.0 Å². The summed E-state index contributed by atoms with van der Waals surface area (Å²) in [6.07, 6.45) is 1.94. The lowest BCUT2D eigenvalue weighted by Gasteiger charge is -2.21. The Kier molecular flexibility index (Phi) is 9.64. The molecule has 1 aliphatic heterocycles. The van der Waals surface area contributed by atoms with Gasteiger partial charge in [0.15, 0.2) is 6.10 Å². The van der Waals surface area contributed by atoms with Gasteiger partial charge >= 0.3 is 17.7 Å². The number of aryl methyl sites for hydroxylation is 1. The second-order valence-electron chi connectivity index (χ2n) is 8.16. The second kappa shape index (κ2) is 12.7. The molecule has 1 fully saturated rings. The molecule has 192 valence electrons. The Morgan fingerprint density at radius 3 is 2.83 bits per heavy atom. The molecule has 0 aromatic carbocycles. The zero-order valence-electron chi connectivity index (χ0n) is 19.4. The molecule has 0 unspecified atom stereocenters. The number of aromatic nitrogens is 3. The highest BCUT2D eigenvalue weighted by Crippen LogP contribution is 2.42. The third kappa shape index (κ3) is 7.26. The van der Waals surface area contributed by atoms with Gasteiger partial charge in [-0.15, -0.1) is 0 Å². The number of nitrogens with one attached hydrogen (secondary N) is 1. The van der Waals surface area contributed by atoms with E-state index < -0.39 is 36.1 Å². The van der Waals surface area contributed by atoms with Crippen LogP contribution < -0.4 is 11.0 Å². The van der Waals surface area contributed by atoms with Crippen LogP contribution in [0, 0.1) is 0 Å². The third-order valence-corrected chi connectivity index (χ3v) is 5.43. The molecule has 10 nitrogen and oxygen atoms in total. The number of alkyl halides is 2. The van der Waals surface area contributed by atoms with Crippen LogP contribution in [0.5, 0.6) is 0 Å². The number of nitrogens with zero attached hydrogens (tertiary/aromatic N) is 3. The first kappa shape index (κ1) is 26.6. The van der Waals surface area contributed by atoms with Gasteiger partial charge in [0.05, 0.1) is 13.2 Å². The number of ether oxygens (including phenoxy) is 3. The van der Waals surface area contributed by atoms with Gasteiger partial charge < -0.3 is 19.3 Å². The molecule has 1 aliphatic rings. The van der Waals surface area contributed by atoms with Gasteiger partial charge in [0, 0.05) is 25.2 Å². The van der Waals surface area contributed by atoms with Crippen LogP contribution in [0.3, 0.4) is 0 Å². The van der Waals surface area contributed by atoms with Crippen molar-refractivity contribution in [3.05, 3.63) is 52.8 Å². The SMILES string of the molecule is CCCCCOC(=O)Nc1ccn([C@@H]2O[C@H](COCCCc3cccnc3)[C@@H](O)C2(F)F)c(=O)n1. The quantitative estimate of drug-likeness (QED) is 0.430. The minimum absolute atomic E-state index is 0.151. The number of carbonyl (C=O) groups excluding carboxylic acids is 1. The predicted octanol–water partition coefficient (Wildman–Crippen LogP) is 2.92. The van der Waals surface area contributed by atoms with Crippen LogP contribution in [0.2, 0.25) is 0 Å². The lowest BCUT2D eigenvalue weighted by atomic mass is 10.1. The number of pyridine rings is 1. The number of anilines is 1. The fraction of sp³-hybridized carbons (Fsp3) is 0.565. The molecule has 0 radical (unpaired) electrons. The molecule has 35 heavy (non-hydrogen) atoms. The molecule has 2 N–H and O–H groups in total. The fourth-order valence-corrected chi connectivity index (χ4v) is 3.55. The summed E-state index contributed by atoms with van der Waals surface area (Å²) in [7, 11) is 0. The van der Waals surface area contributed by atoms with Crippen LogP contribution in [0.25, 0.3) is 0 Å². The molecular formula is C23H30F2N4O6. The maximum absolute atomic E-state index is 14.7. The fourth-order valence-electron chi connectivity index (χ4n) is 3.55. The molecule has 0 saturated carbocycles. The first-order valence-corrected chi connectivity index (χ1v) is 11.5. The predicted molar refractivity (Wildman–Crippen MR) is 121 cm³/mol. The summed E-state index contributed by atoms with van der Waals surface area (Å²) in [5.74, 6) is -3.91. The average molecular weight is 497 g/mol. The molecule has 3 atom stereocenters. The number of hydrogen-bond donors (Lipinski definition) is 2. The highest BCUT2D eigenvalue weighted by atomic mass is 19.3. The summed E-state index contributed by atoms with van der Waals surface area (Å²) in [5, 5.41) is 12.4. The normalized spacial score (nSPS) is 21.1. The summed E-state index contributed by atoms with van der Waals surface area (Å²) < 4.78 is 45.7. The van der Waals surface area contributed by atoms with Crippen molar-refractivity contribution >= 4 is 11.9 Å². The zero-order chi connectivity index (χ0) is 25.3. The molecule has 0 aliphatic carbocycles. The van der Waals surface area contributed by atoms with Crippen LogP contribution in [-0.2, 0) is 20.6 Å². The van der Waals surface area contributed by atoms with Crippen molar-refractivity contribution in [2.24, 2.45) is 0 Å². The van der Waals surface area contributed by atoms with E-state index in [1.165, 1.54) is 6.07 Å². The van der Waals surface area contributed by atoms with Crippen molar-refractivity contribution in [3.63, 3.8) is 0 Å². The zero-order valence-corrected chi connectivity index (χ0v) is 19.4. The van der Waals surface area contributed by atoms with Crippen LogP contribution >= 0.6 is 0 Å². The van der Waals surface area contributed by atoms with Gasteiger partial charge in [0.1, 0.15) is 11.9 Å². The van der Waals surface area contributed by atoms with E-state index in [1.54, 1.807) is 12.4 Å². The summed E-state index contributed by atoms with van der Waals surface area (Å²) in [6.45, 7) is 2.22. The highest BCUT2D eigenvalue weighted by Gasteiger charge is 2.59.